The molecule has 0 bridgehead atoms. The fourth-order valence-electron chi connectivity index (χ4n) is 4.76. The van der Waals surface area contributed by atoms with Gasteiger partial charge in [0.15, 0.2) is 0 Å². The minimum absolute atomic E-state index is 0.0357. The van der Waals surface area contributed by atoms with Gasteiger partial charge in [0.2, 0.25) is 5.96 Å². The maximum absolute atomic E-state index is 8.58. The summed E-state index contributed by atoms with van der Waals surface area (Å²) in [6, 6.07) is 12.3. The highest BCUT2D eigenvalue weighted by molar-refractivity contribution is 5.79. The summed E-state index contributed by atoms with van der Waals surface area (Å²) in [6.07, 6.45) is 9.90. The van der Waals surface area contributed by atoms with E-state index in [4.69, 9.17) is 15.6 Å². The van der Waals surface area contributed by atoms with Gasteiger partial charge in [-0.15, -0.1) is 0 Å². The van der Waals surface area contributed by atoms with E-state index in [9.17, 15) is 0 Å². The van der Waals surface area contributed by atoms with E-state index in [-0.39, 0.29) is 6.10 Å². The zero-order chi connectivity index (χ0) is 20.2. The lowest BCUT2D eigenvalue weighted by Gasteiger charge is -2.32. The minimum atomic E-state index is 0.0357. The molecule has 2 aliphatic rings. The minimum Gasteiger partial charge on any atom is -0.484 e. The fourth-order valence-corrected chi connectivity index (χ4v) is 4.76. The molecule has 1 aliphatic heterocycles. The Morgan fingerprint density at radius 2 is 1.79 bits per heavy atom. The summed E-state index contributed by atoms with van der Waals surface area (Å²) in [5.41, 5.74) is 3.04. The molecular weight excluding hydrogens is 360 g/mol. The van der Waals surface area contributed by atoms with Gasteiger partial charge in [0.1, 0.15) is 17.3 Å². The lowest BCUT2D eigenvalue weighted by Crippen LogP contribution is -2.42. The molecule has 0 spiro atoms. The maximum Gasteiger partial charge on any atom is 0.203 e. The quantitative estimate of drug-likeness (QED) is 0.566. The molecule has 0 saturated carbocycles. The van der Waals surface area contributed by atoms with Gasteiger partial charge in [0.25, 0.3) is 0 Å². The van der Waals surface area contributed by atoms with Crippen LogP contribution in [0.25, 0.3) is 0 Å². The number of rotatable bonds is 4. The highest BCUT2D eigenvalue weighted by Crippen LogP contribution is 2.41. The summed E-state index contributed by atoms with van der Waals surface area (Å²) in [7, 11) is 0. The van der Waals surface area contributed by atoms with Crippen molar-refractivity contribution in [2.24, 2.45) is 0 Å². The van der Waals surface area contributed by atoms with Crippen molar-refractivity contribution in [2.45, 2.75) is 63.9 Å². The fraction of sp³-hybridized carbons (Fsp3) is 0.500. The van der Waals surface area contributed by atoms with Gasteiger partial charge in [-0.05, 0) is 67.7 Å². The second-order valence-electron chi connectivity index (χ2n) is 8.29. The molecule has 1 aliphatic carbocycles. The first-order valence-corrected chi connectivity index (χ1v) is 11.0. The van der Waals surface area contributed by atoms with Crippen molar-refractivity contribution in [1.82, 2.24) is 9.47 Å². The Morgan fingerprint density at radius 1 is 1.03 bits per heavy atom. The van der Waals surface area contributed by atoms with E-state index < -0.39 is 0 Å². The topological polar surface area (TPSA) is 65.1 Å². The number of likely N-dealkylation sites (tertiary alicyclic amines) is 1. The van der Waals surface area contributed by atoms with E-state index in [1.807, 2.05) is 12.3 Å². The van der Waals surface area contributed by atoms with Crippen molar-refractivity contribution in [3.05, 3.63) is 59.2 Å². The predicted molar refractivity (Wildman–Crippen MR) is 116 cm³/mol. The zero-order valence-corrected chi connectivity index (χ0v) is 17.4. The summed E-state index contributed by atoms with van der Waals surface area (Å²) in [4.78, 5) is 2.07. The Balaban J connectivity index is 1.56. The SMILES string of the molecule is CCC[C@H]1CCC(Oc2ccc(=N)n(C(=N)N3CCCCC3)c2)c2ccccc21. The van der Waals surface area contributed by atoms with Crippen molar-refractivity contribution in [3.63, 3.8) is 0 Å². The van der Waals surface area contributed by atoms with Crippen LogP contribution in [-0.4, -0.2) is 28.5 Å². The van der Waals surface area contributed by atoms with Crippen LogP contribution in [0.4, 0.5) is 0 Å². The molecule has 1 aromatic carbocycles. The van der Waals surface area contributed by atoms with E-state index in [1.165, 1.54) is 30.4 Å². The molecule has 1 saturated heterocycles. The van der Waals surface area contributed by atoms with Crippen LogP contribution >= 0.6 is 0 Å². The number of nitrogens with one attached hydrogen (secondary N) is 2. The average molecular weight is 393 g/mol. The number of hydrogen-bond donors (Lipinski definition) is 2. The molecule has 154 valence electrons. The van der Waals surface area contributed by atoms with Crippen molar-refractivity contribution < 1.29 is 4.74 Å². The predicted octanol–water partition coefficient (Wildman–Crippen LogP) is 5.03. The van der Waals surface area contributed by atoms with Gasteiger partial charge >= 0.3 is 0 Å². The molecule has 1 fully saturated rings. The summed E-state index contributed by atoms with van der Waals surface area (Å²) in [6.45, 7) is 4.04. The van der Waals surface area contributed by atoms with Crippen molar-refractivity contribution >= 4 is 5.96 Å². The Morgan fingerprint density at radius 3 is 2.55 bits per heavy atom. The lowest BCUT2D eigenvalue weighted by atomic mass is 9.79. The van der Waals surface area contributed by atoms with Crippen molar-refractivity contribution in [2.75, 3.05) is 13.1 Å². The molecule has 4 rings (SSSR count). The van der Waals surface area contributed by atoms with Gasteiger partial charge in [0, 0.05) is 13.1 Å². The first kappa shape index (κ1) is 19.7. The second-order valence-corrected chi connectivity index (χ2v) is 8.29. The number of ether oxygens (including phenoxy) is 1. The average Bonchev–Trinajstić information content (AvgIpc) is 2.77. The normalized spacial score (nSPS) is 21.5. The molecule has 0 amide bonds. The second kappa shape index (κ2) is 8.85. The molecule has 2 aromatic rings. The van der Waals surface area contributed by atoms with Crippen LogP contribution in [0, 0.1) is 10.8 Å². The first-order chi connectivity index (χ1) is 14.2. The molecule has 2 atom stereocenters. The largest absolute Gasteiger partial charge is 0.484 e. The van der Waals surface area contributed by atoms with Gasteiger partial charge in [-0.1, -0.05) is 37.6 Å². The lowest BCUT2D eigenvalue weighted by molar-refractivity contribution is 0.174. The zero-order valence-electron chi connectivity index (χ0n) is 17.4. The van der Waals surface area contributed by atoms with E-state index in [1.54, 1.807) is 10.6 Å². The molecule has 1 unspecified atom stereocenters. The van der Waals surface area contributed by atoms with Gasteiger partial charge in [-0.25, -0.2) is 0 Å². The molecule has 0 radical (unpaired) electrons. The number of hydrogen-bond acceptors (Lipinski definition) is 3. The van der Waals surface area contributed by atoms with Crippen LogP contribution in [0.3, 0.4) is 0 Å². The van der Waals surface area contributed by atoms with Crippen molar-refractivity contribution in [1.29, 1.82) is 10.8 Å². The van der Waals surface area contributed by atoms with Crippen LogP contribution in [-0.2, 0) is 0 Å². The Labute approximate surface area is 173 Å². The van der Waals surface area contributed by atoms with Crippen LogP contribution < -0.4 is 10.2 Å². The molecular formula is C24H32N4O. The Hall–Kier alpha value is -2.56. The summed E-state index contributed by atoms with van der Waals surface area (Å²) in [5.74, 6) is 1.74. The van der Waals surface area contributed by atoms with Crippen LogP contribution in [0.15, 0.2) is 42.6 Å². The number of piperidine rings is 1. The monoisotopic (exact) mass is 392 g/mol. The third-order valence-corrected chi connectivity index (χ3v) is 6.28. The number of nitrogens with zero attached hydrogens (tertiary/aromatic N) is 2. The highest BCUT2D eigenvalue weighted by atomic mass is 16.5. The Bertz CT molecular complexity index is 913. The highest BCUT2D eigenvalue weighted by Gasteiger charge is 2.28. The van der Waals surface area contributed by atoms with Crippen LogP contribution in [0.2, 0.25) is 0 Å². The number of benzene rings is 1. The van der Waals surface area contributed by atoms with Crippen LogP contribution in [0.1, 0.15) is 75.0 Å². The first-order valence-electron chi connectivity index (χ1n) is 11.0. The van der Waals surface area contributed by atoms with Gasteiger partial charge in [-0.2, -0.15) is 0 Å². The number of pyridine rings is 1. The molecule has 5 nitrogen and oxygen atoms in total. The molecule has 5 heteroatoms. The van der Waals surface area contributed by atoms with Crippen LogP contribution in [0.5, 0.6) is 5.75 Å². The van der Waals surface area contributed by atoms with E-state index in [2.05, 4.69) is 36.1 Å². The molecule has 29 heavy (non-hydrogen) atoms. The number of aromatic nitrogens is 1. The third-order valence-electron chi connectivity index (χ3n) is 6.28. The molecule has 2 heterocycles. The Kier molecular flexibility index (Phi) is 6.02. The van der Waals surface area contributed by atoms with Gasteiger partial charge < -0.3 is 9.64 Å². The van der Waals surface area contributed by atoms with Gasteiger partial charge in [-0.3, -0.25) is 15.4 Å². The maximum atomic E-state index is 8.58. The third kappa shape index (κ3) is 4.24. The summed E-state index contributed by atoms with van der Waals surface area (Å²) >= 11 is 0. The smallest absolute Gasteiger partial charge is 0.203 e. The molecule has 2 N–H and O–H groups in total. The van der Waals surface area contributed by atoms with Crippen molar-refractivity contribution in [3.8, 4) is 5.75 Å². The summed E-state index contributed by atoms with van der Waals surface area (Å²) in [5, 5.41) is 16.9. The van der Waals surface area contributed by atoms with E-state index in [0.29, 0.717) is 17.4 Å². The van der Waals surface area contributed by atoms with E-state index in [0.717, 1.165) is 44.5 Å². The summed E-state index contributed by atoms with van der Waals surface area (Å²) < 4.78 is 8.07. The van der Waals surface area contributed by atoms with Gasteiger partial charge in [0.05, 0.1) is 6.20 Å². The standard InChI is InChI=1S/C24H32N4O/c1-2-8-18-11-13-22(21-10-5-4-9-20(18)21)29-19-12-14-23(25)28(17-19)24(26)27-15-6-3-7-16-27/h4-5,9-10,12,14,17-18,22,25-26H,2-3,6-8,11,13,15-16H2,1H3/t18-,22?/m0/s1. The number of fused-ring (bicyclic) bond motifs is 1. The van der Waals surface area contributed by atoms with E-state index >= 15 is 0 Å². The molecule has 1 aromatic heterocycles.